The quantitative estimate of drug-likeness (QED) is 0.383. The molecule has 1 fully saturated rings. The van der Waals surface area contributed by atoms with E-state index in [-0.39, 0.29) is 12.0 Å². The molecule has 0 bridgehead atoms. The van der Waals surface area contributed by atoms with Gasteiger partial charge in [0, 0.05) is 56.2 Å². The second-order valence-electron chi connectivity index (χ2n) is 8.67. The Morgan fingerprint density at radius 1 is 1.11 bits per heavy atom. The standard InChI is InChI=1S/C28H30F2N4O2/c1-32-25-11-7-8-14-28(15-16-35,22(25)19-31)34(3)27(36)33(2)26-23(29)17-21(18-24(26)30)13-12-20-9-5-4-6-10-20/h4-6,9-10,16-19H,7-8,11,14-15,31H2,1-3H3/t28-/m0/s1. The number of nitrogens with two attached hydrogens (primary N) is 1. The first-order chi connectivity index (χ1) is 17.3. The van der Waals surface area contributed by atoms with Crippen LogP contribution in [-0.4, -0.2) is 49.6 Å². The number of likely N-dealkylation sites (N-methyl/N-ethyl adjacent to an activating group) is 1. The largest absolute Gasteiger partial charge is 0.404 e. The number of nitrogens with zero attached hydrogens (tertiary/aromatic N) is 3. The number of carbonyl (C=O) groups is 2. The van der Waals surface area contributed by atoms with Crippen molar-refractivity contribution in [1.82, 2.24) is 4.90 Å². The van der Waals surface area contributed by atoms with E-state index in [9.17, 15) is 9.59 Å². The fraction of sp³-hybridized carbons (Fsp3) is 0.321. The molecule has 2 N–H and O–H groups in total. The van der Waals surface area contributed by atoms with Crippen molar-refractivity contribution in [2.75, 3.05) is 26.0 Å². The van der Waals surface area contributed by atoms with Gasteiger partial charge in [0.15, 0.2) is 11.6 Å². The SMILES string of the molecule is CN=C1CCCC[C@@](CC=O)(N(C)C(=O)N(C)c2c(F)cc(C#Cc3ccccc3)cc2F)C1=CN. The highest BCUT2D eigenvalue weighted by Crippen LogP contribution is 2.38. The molecule has 36 heavy (non-hydrogen) atoms. The van der Waals surface area contributed by atoms with Crippen molar-refractivity contribution in [3.05, 3.63) is 77.0 Å². The molecular weight excluding hydrogens is 462 g/mol. The number of hydrogen-bond acceptors (Lipinski definition) is 4. The zero-order valence-corrected chi connectivity index (χ0v) is 20.7. The maximum atomic E-state index is 15.1. The summed E-state index contributed by atoms with van der Waals surface area (Å²) in [5.74, 6) is 3.76. The van der Waals surface area contributed by atoms with Gasteiger partial charge in [-0.05, 0) is 43.5 Å². The number of aldehydes is 1. The molecule has 1 aliphatic carbocycles. The van der Waals surface area contributed by atoms with Crippen molar-refractivity contribution in [1.29, 1.82) is 0 Å². The predicted octanol–water partition coefficient (Wildman–Crippen LogP) is 4.67. The van der Waals surface area contributed by atoms with Gasteiger partial charge in [-0.15, -0.1) is 0 Å². The zero-order valence-electron chi connectivity index (χ0n) is 20.7. The van der Waals surface area contributed by atoms with E-state index in [1.807, 2.05) is 18.2 Å². The Bertz CT molecular complexity index is 1220. The summed E-state index contributed by atoms with van der Waals surface area (Å²) in [4.78, 5) is 31.9. The Kier molecular flexibility index (Phi) is 8.59. The second kappa shape index (κ2) is 11.6. The van der Waals surface area contributed by atoms with Gasteiger partial charge in [0.05, 0.1) is 5.54 Å². The average molecular weight is 493 g/mol. The number of rotatable bonds is 4. The summed E-state index contributed by atoms with van der Waals surface area (Å²) in [6.45, 7) is 0. The molecule has 2 aromatic carbocycles. The number of anilines is 1. The predicted molar refractivity (Wildman–Crippen MR) is 138 cm³/mol. The normalized spacial score (nSPS) is 19.8. The summed E-state index contributed by atoms with van der Waals surface area (Å²) in [7, 11) is 4.44. The molecule has 0 heterocycles. The fourth-order valence-corrected chi connectivity index (χ4v) is 4.69. The van der Waals surface area contributed by atoms with E-state index in [2.05, 4.69) is 16.8 Å². The van der Waals surface area contributed by atoms with Gasteiger partial charge in [-0.25, -0.2) is 13.6 Å². The molecule has 2 amide bonds. The number of aliphatic imine (C=N–C) groups is 1. The number of halogens is 2. The molecule has 6 nitrogen and oxygen atoms in total. The lowest BCUT2D eigenvalue weighted by Crippen LogP contribution is -2.56. The van der Waals surface area contributed by atoms with Crippen LogP contribution in [0, 0.1) is 23.5 Å². The lowest BCUT2D eigenvalue weighted by atomic mass is 9.80. The van der Waals surface area contributed by atoms with E-state index < -0.39 is 28.9 Å². The Labute approximate surface area is 210 Å². The molecule has 1 saturated carbocycles. The molecule has 188 valence electrons. The highest BCUT2D eigenvalue weighted by atomic mass is 19.1. The van der Waals surface area contributed by atoms with Gasteiger partial charge in [-0.2, -0.15) is 0 Å². The maximum absolute atomic E-state index is 15.1. The molecule has 2 aromatic rings. The molecule has 1 aliphatic rings. The van der Waals surface area contributed by atoms with Crippen LogP contribution < -0.4 is 10.6 Å². The van der Waals surface area contributed by atoms with Crippen molar-refractivity contribution in [3.8, 4) is 11.8 Å². The van der Waals surface area contributed by atoms with E-state index in [0.29, 0.717) is 29.7 Å². The summed E-state index contributed by atoms with van der Waals surface area (Å²) in [5, 5.41) is 0. The van der Waals surface area contributed by atoms with E-state index >= 15 is 8.78 Å². The summed E-state index contributed by atoms with van der Waals surface area (Å²) in [6, 6.07) is 10.6. The minimum Gasteiger partial charge on any atom is -0.404 e. The average Bonchev–Trinajstić information content (AvgIpc) is 3.06. The van der Waals surface area contributed by atoms with E-state index in [1.165, 1.54) is 25.2 Å². The van der Waals surface area contributed by atoms with Crippen molar-refractivity contribution < 1.29 is 18.4 Å². The van der Waals surface area contributed by atoms with Crippen LogP contribution >= 0.6 is 0 Å². The fourth-order valence-electron chi connectivity index (χ4n) is 4.69. The Hall–Kier alpha value is -3.99. The number of hydrogen-bond donors (Lipinski definition) is 1. The van der Waals surface area contributed by atoms with Crippen molar-refractivity contribution in [2.24, 2.45) is 10.7 Å². The Morgan fingerprint density at radius 2 is 1.75 bits per heavy atom. The molecule has 0 spiro atoms. The first kappa shape index (κ1) is 26.6. The van der Waals surface area contributed by atoms with E-state index in [0.717, 1.165) is 36.2 Å². The van der Waals surface area contributed by atoms with Gasteiger partial charge in [0.2, 0.25) is 0 Å². The summed E-state index contributed by atoms with van der Waals surface area (Å²) >= 11 is 0. The van der Waals surface area contributed by atoms with Gasteiger partial charge < -0.3 is 15.4 Å². The van der Waals surface area contributed by atoms with Gasteiger partial charge in [-0.1, -0.05) is 36.5 Å². The van der Waals surface area contributed by atoms with E-state index in [1.54, 1.807) is 19.2 Å². The van der Waals surface area contributed by atoms with Crippen LogP contribution in [0.15, 0.2) is 59.2 Å². The van der Waals surface area contributed by atoms with Gasteiger partial charge in [0.1, 0.15) is 12.0 Å². The smallest absolute Gasteiger partial charge is 0.324 e. The van der Waals surface area contributed by atoms with Crippen LogP contribution in [0.5, 0.6) is 0 Å². The Balaban J connectivity index is 1.97. The third-order valence-electron chi connectivity index (χ3n) is 6.62. The van der Waals surface area contributed by atoms with Crippen LogP contribution in [0.3, 0.4) is 0 Å². The van der Waals surface area contributed by atoms with Crippen molar-refractivity contribution in [2.45, 2.75) is 37.6 Å². The minimum atomic E-state index is -1.08. The topological polar surface area (TPSA) is 79.0 Å². The highest BCUT2D eigenvalue weighted by molar-refractivity contribution is 6.04. The first-order valence-electron chi connectivity index (χ1n) is 11.7. The maximum Gasteiger partial charge on any atom is 0.324 e. The van der Waals surface area contributed by atoms with Crippen LogP contribution in [0.2, 0.25) is 0 Å². The second-order valence-corrected chi connectivity index (χ2v) is 8.67. The molecule has 0 radical (unpaired) electrons. The molecular formula is C28H30F2N4O2. The van der Waals surface area contributed by atoms with Gasteiger partial charge in [-0.3, -0.25) is 9.89 Å². The Morgan fingerprint density at radius 3 is 2.33 bits per heavy atom. The number of amides is 2. The molecule has 8 heteroatoms. The van der Waals surface area contributed by atoms with Gasteiger partial charge >= 0.3 is 6.03 Å². The summed E-state index contributed by atoms with van der Waals surface area (Å²) < 4.78 is 30.2. The van der Waals surface area contributed by atoms with Crippen LogP contribution in [-0.2, 0) is 4.79 Å². The third-order valence-corrected chi connectivity index (χ3v) is 6.62. The minimum absolute atomic E-state index is 0.0237. The number of urea groups is 1. The van der Waals surface area contributed by atoms with Gasteiger partial charge in [0.25, 0.3) is 0 Å². The number of benzene rings is 2. The number of carbonyl (C=O) groups excluding carboxylic acids is 2. The molecule has 3 rings (SSSR count). The monoisotopic (exact) mass is 492 g/mol. The molecule has 0 aromatic heterocycles. The summed E-state index contributed by atoms with van der Waals surface area (Å²) in [5.41, 5.74) is 6.51. The van der Waals surface area contributed by atoms with Crippen LogP contribution in [0.4, 0.5) is 19.3 Å². The molecule has 0 aliphatic heterocycles. The lowest BCUT2D eigenvalue weighted by molar-refractivity contribution is -0.109. The summed E-state index contributed by atoms with van der Waals surface area (Å²) in [6.07, 6.45) is 4.75. The third kappa shape index (κ3) is 5.30. The zero-order chi connectivity index (χ0) is 26.3. The van der Waals surface area contributed by atoms with Crippen molar-refractivity contribution in [3.63, 3.8) is 0 Å². The van der Waals surface area contributed by atoms with Crippen LogP contribution in [0.1, 0.15) is 43.2 Å². The molecule has 1 atom stereocenters. The first-order valence-corrected chi connectivity index (χ1v) is 11.7. The van der Waals surface area contributed by atoms with E-state index in [4.69, 9.17) is 5.73 Å². The van der Waals surface area contributed by atoms with Crippen molar-refractivity contribution >= 4 is 23.7 Å². The van der Waals surface area contributed by atoms with Crippen LogP contribution in [0.25, 0.3) is 0 Å². The molecule has 0 unspecified atom stereocenters. The lowest BCUT2D eigenvalue weighted by Gasteiger charge is -2.43. The molecule has 0 saturated heterocycles. The highest BCUT2D eigenvalue weighted by Gasteiger charge is 2.44.